The lowest BCUT2D eigenvalue weighted by Gasteiger charge is -2.13. The zero-order chi connectivity index (χ0) is 23.3. The molecule has 0 aliphatic carbocycles. The van der Waals surface area contributed by atoms with Gasteiger partial charge >= 0.3 is 0 Å². The zero-order valence-corrected chi connectivity index (χ0v) is 18.8. The van der Waals surface area contributed by atoms with Crippen LogP contribution in [-0.4, -0.2) is 13.0 Å². The Labute approximate surface area is 191 Å². The third-order valence-electron chi connectivity index (χ3n) is 4.86. The molecule has 4 nitrogen and oxygen atoms in total. The van der Waals surface area contributed by atoms with E-state index in [2.05, 4.69) is 23.5 Å². The third kappa shape index (κ3) is 5.54. The van der Waals surface area contributed by atoms with Crippen LogP contribution in [0.2, 0.25) is 5.02 Å². The molecule has 0 spiro atoms. The zero-order valence-electron chi connectivity index (χ0n) is 18.0. The van der Waals surface area contributed by atoms with Crippen LogP contribution < -0.4 is 10.1 Å². The van der Waals surface area contributed by atoms with Gasteiger partial charge in [0, 0.05) is 17.0 Å². The van der Waals surface area contributed by atoms with Crippen LogP contribution in [-0.2, 0) is 11.2 Å². The molecule has 0 saturated heterocycles. The number of hydrogen-bond donors (Lipinski definition) is 1. The van der Waals surface area contributed by atoms with Gasteiger partial charge in [-0.3, -0.25) is 4.79 Å². The summed E-state index contributed by atoms with van der Waals surface area (Å²) in [6, 6.07) is 17.3. The van der Waals surface area contributed by atoms with Crippen molar-refractivity contribution >= 4 is 29.3 Å². The van der Waals surface area contributed by atoms with Crippen molar-refractivity contribution in [2.75, 3.05) is 12.4 Å². The van der Waals surface area contributed by atoms with Crippen LogP contribution in [0.25, 0.3) is 6.08 Å². The van der Waals surface area contributed by atoms with Gasteiger partial charge in [-0.05, 0) is 55.3 Å². The summed E-state index contributed by atoms with van der Waals surface area (Å²) < 4.78 is 19.4. The number of benzene rings is 3. The molecule has 0 fully saturated rings. The second kappa shape index (κ2) is 10.1. The molecule has 0 saturated carbocycles. The minimum Gasteiger partial charge on any atom is -0.496 e. The predicted molar refractivity (Wildman–Crippen MR) is 125 cm³/mol. The average Bonchev–Trinajstić information content (AvgIpc) is 2.74. The number of nitrogens with zero attached hydrogens (tertiary/aromatic N) is 1. The Hall–Kier alpha value is -3.62. The van der Waals surface area contributed by atoms with Gasteiger partial charge in [-0.1, -0.05) is 53.1 Å². The lowest BCUT2D eigenvalue weighted by molar-refractivity contribution is -0.112. The van der Waals surface area contributed by atoms with Gasteiger partial charge in [0.1, 0.15) is 23.2 Å². The number of hydrogen-bond acceptors (Lipinski definition) is 3. The molecule has 6 heteroatoms. The minimum atomic E-state index is -0.716. The molecule has 32 heavy (non-hydrogen) atoms. The Kier molecular flexibility index (Phi) is 7.29. The van der Waals surface area contributed by atoms with Crippen molar-refractivity contribution in [2.24, 2.45) is 0 Å². The number of rotatable bonds is 6. The SMILES string of the molecule is COc1cc(/C=C(\C#N)C(=O)Nc2ccccc2F)cc(Cl)c1Cc1cc(C)cc(C)c1. The van der Waals surface area contributed by atoms with Gasteiger partial charge in [-0.25, -0.2) is 4.39 Å². The van der Waals surface area contributed by atoms with E-state index in [1.54, 1.807) is 25.3 Å². The van der Waals surface area contributed by atoms with E-state index in [1.807, 2.05) is 19.9 Å². The summed E-state index contributed by atoms with van der Waals surface area (Å²) in [5.74, 6) is -0.750. The Balaban J connectivity index is 1.91. The van der Waals surface area contributed by atoms with Crippen molar-refractivity contribution in [3.63, 3.8) is 0 Å². The molecule has 0 aromatic heterocycles. The van der Waals surface area contributed by atoms with E-state index in [0.29, 0.717) is 22.8 Å². The van der Waals surface area contributed by atoms with Crippen LogP contribution in [0.3, 0.4) is 0 Å². The number of amides is 1. The lowest BCUT2D eigenvalue weighted by Crippen LogP contribution is -2.14. The number of nitriles is 1. The second-order valence-corrected chi connectivity index (χ2v) is 7.87. The molecular formula is C26H22ClFN2O2. The van der Waals surface area contributed by atoms with E-state index < -0.39 is 11.7 Å². The van der Waals surface area contributed by atoms with Crippen molar-refractivity contribution in [2.45, 2.75) is 20.3 Å². The number of para-hydroxylation sites is 1. The topological polar surface area (TPSA) is 62.1 Å². The summed E-state index contributed by atoms with van der Waals surface area (Å²) in [7, 11) is 1.54. The van der Waals surface area contributed by atoms with E-state index in [-0.39, 0.29) is 11.3 Å². The van der Waals surface area contributed by atoms with Gasteiger partial charge in [-0.2, -0.15) is 5.26 Å². The highest BCUT2D eigenvalue weighted by Gasteiger charge is 2.15. The van der Waals surface area contributed by atoms with Crippen molar-refractivity contribution < 1.29 is 13.9 Å². The fourth-order valence-electron chi connectivity index (χ4n) is 3.51. The number of nitrogens with one attached hydrogen (secondary N) is 1. The maximum absolute atomic E-state index is 13.8. The van der Waals surface area contributed by atoms with Crippen LogP contribution in [0.4, 0.5) is 10.1 Å². The highest BCUT2D eigenvalue weighted by molar-refractivity contribution is 6.31. The molecule has 3 rings (SSSR count). The molecule has 3 aromatic rings. The lowest BCUT2D eigenvalue weighted by atomic mass is 9.98. The van der Waals surface area contributed by atoms with Crippen LogP contribution in [0.15, 0.2) is 60.2 Å². The van der Waals surface area contributed by atoms with Crippen LogP contribution >= 0.6 is 11.6 Å². The normalized spacial score (nSPS) is 11.1. The quantitative estimate of drug-likeness (QED) is 0.358. The highest BCUT2D eigenvalue weighted by Crippen LogP contribution is 2.32. The monoisotopic (exact) mass is 448 g/mol. The fourth-order valence-corrected chi connectivity index (χ4v) is 3.80. The minimum absolute atomic E-state index is 0.00180. The molecule has 0 heterocycles. The van der Waals surface area contributed by atoms with E-state index in [9.17, 15) is 14.4 Å². The van der Waals surface area contributed by atoms with Gasteiger partial charge in [0.25, 0.3) is 5.91 Å². The Morgan fingerprint density at radius 1 is 1.16 bits per heavy atom. The number of halogens is 2. The van der Waals surface area contributed by atoms with E-state index in [1.165, 1.54) is 24.3 Å². The standard InChI is InChI=1S/C26H22ClFN2O2/c1-16-8-17(2)10-18(9-16)12-21-22(27)13-19(14-25(21)32-3)11-20(15-29)26(31)30-24-7-5-4-6-23(24)28/h4-11,13-14H,12H2,1-3H3,(H,30,31)/b20-11+. The van der Waals surface area contributed by atoms with Gasteiger partial charge < -0.3 is 10.1 Å². The largest absolute Gasteiger partial charge is 0.496 e. The molecular weight excluding hydrogens is 427 g/mol. The first-order valence-corrected chi connectivity index (χ1v) is 10.3. The highest BCUT2D eigenvalue weighted by atomic mass is 35.5. The summed E-state index contributed by atoms with van der Waals surface area (Å²) in [5, 5.41) is 12.3. The maximum atomic E-state index is 13.8. The van der Waals surface area contributed by atoms with E-state index in [4.69, 9.17) is 16.3 Å². The van der Waals surface area contributed by atoms with Crippen LogP contribution in [0.5, 0.6) is 5.75 Å². The van der Waals surface area contributed by atoms with Crippen molar-refractivity contribution in [1.82, 2.24) is 0 Å². The number of aryl methyl sites for hydroxylation is 2. The van der Waals surface area contributed by atoms with Gasteiger partial charge in [0.2, 0.25) is 0 Å². The van der Waals surface area contributed by atoms with Gasteiger partial charge in [0.15, 0.2) is 0 Å². The number of methoxy groups -OCH3 is 1. The molecule has 1 N–H and O–H groups in total. The Morgan fingerprint density at radius 3 is 2.47 bits per heavy atom. The maximum Gasteiger partial charge on any atom is 0.266 e. The van der Waals surface area contributed by atoms with E-state index in [0.717, 1.165) is 22.3 Å². The van der Waals surface area contributed by atoms with Crippen molar-refractivity contribution in [3.05, 3.63) is 98.8 Å². The summed E-state index contributed by atoms with van der Waals surface area (Å²) in [4.78, 5) is 12.5. The fraction of sp³-hybridized carbons (Fsp3) is 0.154. The first kappa shape index (κ1) is 23.1. The Bertz CT molecular complexity index is 1220. The number of carbonyl (C=O) groups is 1. The molecule has 0 radical (unpaired) electrons. The molecule has 3 aromatic carbocycles. The summed E-state index contributed by atoms with van der Waals surface area (Å²) in [5.41, 5.74) is 4.57. The molecule has 0 atom stereocenters. The molecule has 0 aliphatic heterocycles. The molecule has 0 bridgehead atoms. The average molecular weight is 449 g/mol. The van der Waals surface area contributed by atoms with Crippen LogP contribution in [0.1, 0.15) is 27.8 Å². The van der Waals surface area contributed by atoms with Gasteiger partial charge in [0.05, 0.1) is 12.8 Å². The predicted octanol–water partition coefficient (Wildman–Crippen LogP) is 6.24. The third-order valence-corrected chi connectivity index (χ3v) is 5.19. The van der Waals surface area contributed by atoms with Gasteiger partial charge in [-0.15, -0.1) is 0 Å². The second-order valence-electron chi connectivity index (χ2n) is 7.46. The number of ether oxygens (including phenoxy) is 1. The van der Waals surface area contributed by atoms with E-state index >= 15 is 0 Å². The smallest absolute Gasteiger partial charge is 0.266 e. The molecule has 0 aliphatic rings. The number of carbonyl (C=O) groups excluding carboxylic acids is 1. The molecule has 1 amide bonds. The summed E-state index contributed by atoms with van der Waals surface area (Å²) in [6.07, 6.45) is 1.97. The summed E-state index contributed by atoms with van der Waals surface area (Å²) >= 11 is 6.56. The molecule has 0 unspecified atom stereocenters. The van der Waals surface area contributed by atoms with Crippen LogP contribution in [0, 0.1) is 31.0 Å². The molecule has 162 valence electrons. The summed E-state index contributed by atoms with van der Waals surface area (Å²) in [6.45, 7) is 4.08. The first-order valence-electron chi connectivity index (χ1n) is 9.92. The number of anilines is 1. The van der Waals surface area contributed by atoms with Crippen molar-refractivity contribution in [1.29, 1.82) is 5.26 Å². The first-order chi connectivity index (χ1) is 15.3. The van der Waals surface area contributed by atoms with Crippen molar-refractivity contribution in [3.8, 4) is 11.8 Å². The Morgan fingerprint density at radius 2 is 1.84 bits per heavy atom.